The number of methoxy groups -OCH3 is 1. The van der Waals surface area contributed by atoms with Crippen molar-refractivity contribution in [1.29, 1.82) is 0 Å². The Balaban J connectivity index is 1.33. The molecule has 7 nitrogen and oxygen atoms in total. The Kier molecular flexibility index (Phi) is 4.31. The molecule has 2 aromatic heterocycles. The molecule has 31 heavy (non-hydrogen) atoms. The molecule has 2 aromatic carbocycles. The first-order valence-electron chi connectivity index (χ1n) is 10.8. The lowest BCUT2D eigenvalue weighted by Crippen LogP contribution is -2.36. The van der Waals surface area contributed by atoms with Crippen LogP contribution in [0.1, 0.15) is 11.3 Å². The van der Waals surface area contributed by atoms with E-state index in [2.05, 4.69) is 56.7 Å². The highest BCUT2D eigenvalue weighted by atomic mass is 16.5. The molecule has 2 aliphatic rings. The van der Waals surface area contributed by atoms with E-state index in [0.717, 1.165) is 62.7 Å². The molecule has 0 aliphatic carbocycles. The van der Waals surface area contributed by atoms with Crippen molar-refractivity contribution in [2.45, 2.75) is 13.0 Å². The molecule has 0 bridgehead atoms. The molecule has 160 valence electrons. The van der Waals surface area contributed by atoms with Gasteiger partial charge in [0.2, 0.25) is 0 Å². The Morgan fingerprint density at radius 2 is 1.87 bits per heavy atom. The number of hydrogen-bond donors (Lipinski definition) is 0. The number of oxazole rings is 1. The molecule has 0 N–H and O–H groups in total. The van der Waals surface area contributed by atoms with E-state index in [1.807, 2.05) is 6.07 Å². The molecule has 0 radical (unpaired) electrons. The summed E-state index contributed by atoms with van der Waals surface area (Å²) in [6, 6.07) is 13.4. The van der Waals surface area contributed by atoms with Crippen molar-refractivity contribution in [3.05, 3.63) is 47.7 Å². The standard InChI is InChI=1S/C24H26N4O3/c1-26-21-6-4-17(29-2)14-18(21)19-15-28(8-7-22(19)26)16-3-5-20-23(13-16)31-24(25-20)27-9-11-30-12-10-27/h3-6,13-14H,7-12,15H2,1-2H3. The summed E-state index contributed by atoms with van der Waals surface area (Å²) >= 11 is 0. The minimum Gasteiger partial charge on any atom is -0.497 e. The summed E-state index contributed by atoms with van der Waals surface area (Å²) in [6.07, 6.45) is 1.01. The minimum atomic E-state index is 0.692. The minimum absolute atomic E-state index is 0.692. The number of nitrogens with zero attached hydrogens (tertiary/aromatic N) is 4. The highest BCUT2D eigenvalue weighted by Gasteiger charge is 2.24. The Bertz CT molecular complexity index is 1270. The van der Waals surface area contributed by atoms with E-state index in [-0.39, 0.29) is 0 Å². The van der Waals surface area contributed by atoms with Gasteiger partial charge in [0.05, 0.1) is 20.3 Å². The lowest BCUT2D eigenvalue weighted by Gasteiger charge is -2.29. The third-order valence-corrected chi connectivity index (χ3v) is 6.62. The van der Waals surface area contributed by atoms with Crippen LogP contribution in [0.15, 0.2) is 40.8 Å². The fourth-order valence-corrected chi connectivity index (χ4v) is 4.89. The molecule has 0 unspecified atom stereocenters. The number of benzene rings is 2. The second kappa shape index (κ2) is 7.20. The summed E-state index contributed by atoms with van der Waals surface area (Å²) in [6.45, 7) is 4.92. The Labute approximate surface area is 180 Å². The fourth-order valence-electron chi connectivity index (χ4n) is 4.89. The van der Waals surface area contributed by atoms with Crippen molar-refractivity contribution in [1.82, 2.24) is 9.55 Å². The van der Waals surface area contributed by atoms with Gasteiger partial charge in [0.15, 0.2) is 5.58 Å². The maximum absolute atomic E-state index is 6.13. The third kappa shape index (κ3) is 3.03. The first kappa shape index (κ1) is 18.6. The van der Waals surface area contributed by atoms with E-state index in [0.29, 0.717) is 6.01 Å². The van der Waals surface area contributed by atoms with Crippen molar-refractivity contribution >= 4 is 33.7 Å². The molecule has 7 heteroatoms. The molecule has 1 fully saturated rings. The van der Waals surface area contributed by atoms with Crippen LogP contribution in [-0.4, -0.2) is 49.5 Å². The van der Waals surface area contributed by atoms with E-state index in [1.165, 1.54) is 27.8 Å². The van der Waals surface area contributed by atoms with Gasteiger partial charge in [-0.05, 0) is 30.3 Å². The number of aryl methyl sites for hydroxylation is 1. The van der Waals surface area contributed by atoms with Crippen LogP contribution in [-0.2, 0) is 24.8 Å². The molecule has 0 atom stereocenters. The quantitative estimate of drug-likeness (QED) is 0.505. The predicted octanol–water partition coefficient (Wildman–Crippen LogP) is 3.73. The van der Waals surface area contributed by atoms with Crippen molar-refractivity contribution in [3.63, 3.8) is 0 Å². The zero-order valence-corrected chi connectivity index (χ0v) is 17.9. The molecular formula is C24H26N4O3. The van der Waals surface area contributed by atoms with Crippen LogP contribution in [0, 0.1) is 0 Å². The number of rotatable bonds is 3. The first-order chi connectivity index (χ1) is 15.2. The summed E-state index contributed by atoms with van der Waals surface area (Å²) in [5, 5.41) is 1.27. The van der Waals surface area contributed by atoms with E-state index < -0.39 is 0 Å². The highest BCUT2D eigenvalue weighted by molar-refractivity contribution is 5.88. The van der Waals surface area contributed by atoms with Gasteiger partial charge in [-0.3, -0.25) is 0 Å². The van der Waals surface area contributed by atoms with Crippen LogP contribution in [0.2, 0.25) is 0 Å². The average Bonchev–Trinajstić information content (AvgIpc) is 3.38. The van der Waals surface area contributed by atoms with Crippen LogP contribution in [0.5, 0.6) is 5.75 Å². The van der Waals surface area contributed by atoms with Gasteiger partial charge in [0, 0.05) is 73.6 Å². The summed E-state index contributed by atoms with van der Waals surface area (Å²) in [5.74, 6) is 0.900. The second-order valence-electron chi connectivity index (χ2n) is 8.29. The average molecular weight is 418 g/mol. The number of hydrogen-bond acceptors (Lipinski definition) is 6. The van der Waals surface area contributed by atoms with Crippen molar-refractivity contribution in [2.24, 2.45) is 7.05 Å². The van der Waals surface area contributed by atoms with Crippen LogP contribution in [0.3, 0.4) is 0 Å². The molecule has 2 aliphatic heterocycles. The van der Waals surface area contributed by atoms with Crippen LogP contribution < -0.4 is 14.5 Å². The Hall–Kier alpha value is -3.19. The molecule has 0 amide bonds. The van der Waals surface area contributed by atoms with Gasteiger partial charge < -0.3 is 28.3 Å². The molecule has 1 saturated heterocycles. The maximum Gasteiger partial charge on any atom is 0.298 e. The van der Waals surface area contributed by atoms with Gasteiger partial charge in [-0.1, -0.05) is 0 Å². The highest BCUT2D eigenvalue weighted by Crippen LogP contribution is 2.35. The van der Waals surface area contributed by atoms with Crippen molar-refractivity contribution < 1.29 is 13.9 Å². The molecule has 6 rings (SSSR count). The van der Waals surface area contributed by atoms with Gasteiger partial charge in [-0.2, -0.15) is 4.98 Å². The van der Waals surface area contributed by atoms with Gasteiger partial charge >= 0.3 is 0 Å². The lowest BCUT2D eigenvalue weighted by atomic mass is 10.0. The van der Waals surface area contributed by atoms with Crippen LogP contribution in [0.25, 0.3) is 22.0 Å². The van der Waals surface area contributed by atoms with Crippen LogP contribution in [0.4, 0.5) is 11.7 Å². The van der Waals surface area contributed by atoms with E-state index >= 15 is 0 Å². The SMILES string of the molecule is COc1ccc2c(c1)c1c(n2C)CCN(c2ccc3nc(N4CCOCC4)oc3c2)C1. The molecule has 0 saturated carbocycles. The number of anilines is 2. The topological polar surface area (TPSA) is 55.9 Å². The van der Waals surface area contributed by atoms with E-state index in [9.17, 15) is 0 Å². The predicted molar refractivity (Wildman–Crippen MR) is 121 cm³/mol. The number of fused-ring (bicyclic) bond motifs is 4. The number of morpholine rings is 1. The molecular weight excluding hydrogens is 392 g/mol. The number of ether oxygens (including phenoxy) is 2. The molecule has 0 spiro atoms. The van der Waals surface area contributed by atoms with Gasteiger partial charge in [-0.25, -0.2) is 0 Å². The first-order valence-corrected chi connectivity index (χ1v) is 10.8. The summed E-state index contributed by atoms with van der Waals surface area (Å²) < 4.78 is 19.4. The maximum atomic E-state index is 6.13. The van der Waals surface area contributed by atoms with Crippen LogP contribution >= 0.6 is 0 Å². The number of aromatic nitrogens is 2. The third-order valence-electron chi connectivity index (χ3n) is 6.62. The van der Waals surface area contributed by atoms with Gasteiger partial charge in [0.25, 0.3) is 6.01 Å². The molecule has 4 aromatic rings. The fraction of sp³-hybridized carbons (Fsp3) is 0.375. The largest absolute Gasteiger partial charge is 0.497 e. The summed E-state index contributed by atoms with van der Waals surface area (Å²) in [7, 11) is 3.89. The van der Waals surface area contributed by atoms with Gasteiger partial charge in [-0.15, -0.1) is 0 Å². The smallest absolute Gasteiger partial charge is 0.298 e. The molecule has 4 heterocycles. The summed E-state index contributed by atoms with van der Waals surface area (Å²) in [5.41, 5.74) is 6.96. The van der Waals surface area contributed by atoms with Gasteiger partial charge in [0.1, 0.15) is 11.3 Å². The Morgan fingerprint density at radius 3 is 2.71 bits per heavy atom. The Morgan fingerprint density at radius 1 is 1.00 bits per heavy atom. The van der Waals surface area contributed by atoms with Crippen molar-refractivity contribution in [3.8, 4) is 5.75 Å². The summed E-state index contributed by atoms with van der Waals surface area (Å²) in [4.78, 5) is 9.27. The normalized spacial score (nSPS) is 16.8. The zero-order valence-electron chi connectivity index (χ0n) is 17.9. The van der Waals surface area contributed by atoms with E-state index in [4.69, 9.17) is 13.9 Å². The zero-order chi connectivity index (χ0) is 20.9. The van der Waals surface area contributed by atoms with Crippen molar-refractivity contribution in [2.75, 3.05) is 49.8 Å². The lowest BCUT2D eigenvalue weighted by molar-refractivity contribution is 0.120. The van der Waals surface area contributed by atoms with E-state index in [1.54, 1.807) is 7.11 Å². The second-order valence-corrected chi connectivity index (χ2v) is 8.29. The monoisotopic (exact) mass is 418 g/mol.